The molecule has 19 heavy (non-hydrogen) atoms. The topological polar surface area (TPSA) is 35.2 Å². The van der Waals surface area contributed by atoms with Crippen LogP contribution in [0, 0.1) is 11.7 Å². The molecule has 1 aromatic rings. The van der Waals surface area contributed by atoms with Crippen molar-refractivity contribution in [1.82, 2.24) is 0 Å². The third kappa shape index (κ3) is 5.29. The summed E-state index contributed by atoms with van der Waals surface area (Å²) >= 11 is 0. The summed E-state index contributed by atoms with van der Waals surface area (Å²) in [5, 5.41) is 0. The van der Waals surface area contributed by atoms with E-state index in [1.165, 1.54) is 25.3 Å². The minimum atomic E-state index is -0.336. The molecule has 1 rings (SSSR count). The first-order valence-electron chi connectivity index (χ1n) is 7.28. The molecular weight excluding hydrogens is 241 g/mol. The Balaban J connectivity index is 2.55. The van der Waals surface area contributed by atoms with E-state index in [-0.39, 0.29) is 11.9 Å². The van der Waals surface area contributed by atoms with Gasteiger partial charge in [-0.3, -0.25) is 0 Å². The van der Waals surface area contributed by atoms with Crippen molar-refractivity contribution < 1.29 is 9.13 Å². The van der Waals surface area contributed by atoms with E-state index >= 15 is 0 Å². The molecule has 1 aromatic carbocycles. The van der Waals surface area contributed by atoms with E-state index in [0.717, 1.165) is 6.42 Å². The summed E-state index contributed by atoms with van der Waals surface area (Å²) in [6.45, 7) is 5.33. The van der Waals surface area contributed by atoms with Crippen LogP contribution in [-0.4, -0.2) is 13.2 Å². The minimum Gasteiger partial charge on any atom is -0.372 e. The first-order chi connectivity index (χ1) is 9.22. The second kappa shape index (κ2) is 9.05. The van der Waals surface area contributed by atoms with Crippen LogP contribution in [0.2, 0.25) is 0 Å². The van der Waals surface area contributed by atoms with Crippen molar-refractivity contribution >= 4 is 0 Å². The van der Waals surface area contributed by atoms with Gasteiger partial charge in [0.15, 0.2) is 0 Å². The number of nitrogens with two attached hydrogens (primary N) is 1. The van der Waals surface area contributed by atoms with Crippen LogP contribution >= 0.6 is 0 Å². The predicted octanol–water partition coefficient (Wildman–Crippen LogP) is 4.06. The lowest BCUT2D eigenvalue weighted by molar-refractivity contribution is 0.0280. The number of ether oxygens (including phenoxy) is 1. The Kier molecular flexibility index (Phi) is 7.68. The first-order valence-corrected chi connectivity index (χ1v) is 7.28. The molecule has 0 aliphatic rings. The van der Waals surface area contributed by atoms with Crippen molar-refractivity contribution in [1.29, 1.82) is 0 Å². The summed E-state index contributed by atoms with van der Waals surface area (Å²) in [5.41, 5.74) is 6.27. The molecular formula is C16H26FNO. The molecule has 0 radical (unpaired) electrons. The fraction of sp³-hybridized carbons (Fsp3) is 0.625. The van der Waals surface area contributed by atoms with Crippen LogP contribution in [-0.2, 0) is 4.74 Å². The van der Waals surface area contributed by atoms with Gasteiger partial charge < -0.3 is 10.5 Å². The van der Waals surface area contributed by atoms with Gasteiger partial charge in [0.1, 0.15) is 5.82 Å². The van der Waals surface area contributed by atoms with Crippen LogP contribution in [0.3, 0.4) is 0 Å². The highest BCUT2D eigenvalue weighted by Crippen LogP contribution is 2.22. The van der Waals surface area contributed by atoms with E-state index in [9.17, 15) is 4.39 Å². The second-order valence-electron chi connectivity index (χ2n) is 5.00. The van der Waals surface area contributed by atoms with Crippen LogP contribution in [0.15, 0.2) is 24.3 Å². The van der Waals surface area contributed by atoms with E-state index in [1.54, 1.807) is 12.1 Å². The zero-order valence-electron chi connectivity index (χ0n) is 12.1. The van der Waals surface area contributed by atoms with Gasteiger partial charge in [-0.15, -0.1) is 0 Å². The molecule has 2 nitrogen and oxygen atoms in total. The van der Waals surface area contributed by atoms with Crippen molar-refractivity contribution in [3.63, 3.8) is 0 Å². The van der Waals surface area contributed by atoms with Gasteiger partial charge in [0.05, 0.1) is 12.7 Å². The lowest BCUT2D eigenvalue weighted by Gasteiger charge is -2.21. The van der Waals surface area contributed by atoms with Crippen LogP contribution in [0.4, 0.5) is 4.39 Å². The number of hydrogen-bond donors (Lipinski definition) is 1. The number of rotatable bonds is 9. The molecule has 2 atom stereocenters. The molecule has 2 N–H and O–H groups in total. The largest absolute Gasteiger partial charge is 0.372 e. The minimum absolute atomic E-state index is 0.237. The van der Waals surface area contributed by atoms with Gasteiger partial charge in [0.2, 0.25) is 0 Å². The summed E-state index contributed by atoms with van der Waals surface area (Å²) < 4.78 is 19.5. The Hall–Kier alpha value is -0.930. The summed E-state index contributed by atoms with van der Waals surface area (Å²) in [6.07, 6.45) is 4.34. The number of halogens is 1. The third-order valence-electron chi connectivity index (χ3n) is 3.54. The SMILES string of the molecule is CCCCC(CC)COC(CN)c1ccccc1F. The van der Waals surface area contributed by atoms with Gasteiger partial charge >= 0.3 is 0 Å². The maximum Gasteiger partial charge on any atom is 0.129 e. The molecule has 0 amide bonds. The second-order valence-corrected chi connectivity index (χ2v) is 5.00. The number of unbranched alkanes of at least 4 members (excludes halogenated alkanes) is 1. The number of benzene rings is 1. The van der Waals surface area contributed by atoms with Gasteiger partial charge in [0.25, 0.3) is 0 Å². The maximum atomic E-state index is 13.7. The zero-order valence-corrected chi connectivity index (χ0v) is 12.1. The molecule has 108 valence electrons. The number of hydrogen-bond acceptors (Lipinski definition) is 2. The van der Waals surface area contributed by atoms with E-state index in [0.29, 0.717) is 24.6 Å². The zero-order chi connectivity index (χ0) is 14.1. The van der Waals surface area contributed by atoms with Crippen molar-refractivity contribution in [3.05, 3.63) is 35.6 Å². The van der Waals surface area contributed by atoms with Crippen molar-refractivity contribution in [3.8, 4) is 0 Å². The Morgan fingerprint density at radius 3 is 2.58 bits per heavy atom. The molecule has 0 aliphatic heterocycles. The monoisotopic (exact) mass is 267 g/mol. The average molecular weight is 267 g/mol. The highest BCUT2D eigenvalue weighted by molar-refractivity contribution is 5.20. The highest BCUT2D eigenvalue weighted by Gasteiger charge is 2.16. The summed E-state index contributed by atoms with van der Waals surface area (Å²) in [5.74, 6) is 0.306. The Labute approximate surface area is 116 Å². The van der Waals surface area contributed by atoms with Gasteiger partial charge in [0, 0.05) is 12.1 Å². The average Bonchev–Trinajstić information content (AvgIpc) is 2.44. The van der Waals surface area contributed by atoms with Crippen molar-refractivity contribution in [2.24, 2.45) is 11.7 Å². The molecule has 0 aliphatic carbocycles. The molecule has 0 heterocycles. The molecule has 0 bridgehead atoms. The fourth-order valence-corrected chi connectivity index (χ4v) is 2.17. The van der Waals surface area contributed by atoms with Crippen LogP contribution < -0.4 is 5.73 Å². The Morgan fingerprint density at radius 1 is 1.26 bits per heavy atom. The predicted molar refractivity (Wildman–Crippen MR) is 77.5 cm³/mol. The maximum absolute atomic E-state index is 13.7. The molecule has 0 saturated heterocycles. The van der Waals surface area contributed by atoms with Gasteiger partial charge in [-0.2, -0.15) is 0 Å². The van der Waals surface area contributed by atoms with E-state index < -0.39 is 0 Å². The Morgan fingerprint density at radius 2 is 2.00 bits per heavy atom. The first kappa shape index (κ1) is 16.1. The van der Waals surface area contributed by atoms with Gasteiger partial charge in [-0.1, -0.05) is 51.3 Å². The van der Waals surface area contributed by atoms with E-state index in [2.05, 4.69) is 13.8 Å². The molecule has 0 aromatic heterocycles. The smallest absolute Gasteiger partial charge is 0.129 e. The lowest BCUT2D eigenvalue weighted by atomic mass is 10.0. The van der Waals surface area contributed by atoms with Crippen molar-refractivity contribution in [2.75, 3.05) is 13.2 Å². The lowest BCUT2D eigenvalue weighted by Crippen LogP contribution is -2.20. The van der Waals surface area contributed by atoms with Crippen LogP contribution in [0.5, 0.6) is 0 Å². The van der Waals surface area contributed by atoms with Gasteiger partial charge in [-0.05, 0) is 18.4 Å². The molecule has 0 saturated carbocycles. The van der Waals surface area contributed by atoms with Crippen LogP contribution in [0.1, 0.15) is 51.2 Å². The summed E-state index contributed by atoms with van der Waals surface area (Å²) in [7, 11) is 0. The molecule has 2 unspecified atom stereocenters. The molecule has 3 heteroatoms. The normalized spacial score (nSPS) is 14.3. The summed E-state index contributed by atoms with van der Waals surface area (Å²) in [4.78, 5) is 0. The van der Waals surface area contributed by atoms with Gasteiger partial charge in [-0.25, -0.2) is 4.39 Å². The quantitative estimate of drug-likeness (QED) is 0.732. The Bertz CT molecular complexity index is 356. The molecule has 0 spiro atoms. The van der Waals surface area contributed by atoms with E-state index in [4.69, 9.17) is 10.5 Å². The standard InChI is InChI=1S/C16H26FNO/c1-3-5-8-13(4-2)12-19-16(11-18)14-9-6-7-10-15(14)17/h6-7,9-10,13,16H,3-5,8,11-12,18H2,1-2H3. The molecule has 0 fully saturated rings. The third-order valence-corrected chi connectivity index (χ3v) is 3.54. The summed E-state index contributed by atoms with van der Waals surface area (Å²) in [6, 6.07) is 6.71. The van der Waals surface area contributed by atoms with E-state index in [1.807, 2.05) is 6.07 Å². The highest BCUT2D eigenvalue weighted by atomic mass is 19.1. The fourth-order valence-electron chi connectivity index (χ4n) is 2.17. The van der Waals surface area contributed by atoms with Crippen molar-refractivity contribution in [2.45, 2.75) is 45.6 Å². The van der Waals surface area contributed by atoms with Crippen LogP contribution in [0.25, 0.3) is 0 Å².